The Morgan fingerprint density at radius 2 is 2.09 bits per heavy atom. The molecule has 0 aliphatic carbocycles. The number of aromatic nitrogens is 2. The number of thiophene rings is 1. The van der Waals surface area contributed by atoms with E-state index in [0.29, 0.717) is 13.0 Å². The smallest absolute Gasteiger partial charge is 0.222 e. The standard InChI is InChI=1S/C18H19N3OS/c1-14-5-7-15(8-6-14)18(16-4-2-13-23-16)20-17(22)9-12-21-11-3-10-19-21/h2-8,10-11,13,18H,9,12H2,1H3,(H,20,22). The van der Waals surface area contributed by atoms with Gasteiger partial charge in [0, 0.05) is 30.2 Å². The van der Waals surface area contributed by atoms with Crippen LogP contribution in [-0.2, 0) is 11.3 Å². The fraction of sp³-hybridized carbons (Fsp3) is 0.222. The molecule has 118 valence electrons. The average Bonchev–Trinajstić information content (AvgIpc) is 3.25. The molecule has 1 N–H and O–H groups in total. The lowest BCUT2D eigenvalue weighted by Gasteiger charge is -2.18. The van der Waals surface area contributed by atoms with E-state index >= 15 is 0 Å². The molecule has 0 bridgehead atoms. The zero-order valence-corrected chi connectivity index (χ0v) is 13.8. The van der Waals surface area contributed by atoms with Gasteiger partial charge in [-0.2, -0.15) is 5.10 Å². The Labute approximate surface area is 139 Å². The quantitative estimate of drug-likeness (QED) is 0.753. The summed E-state index contributed by atoms with van der Waals surface area (Å²) in [7, 11) is 0. The molecule has 0 aliphatic heterocycles. The Morgan fingerprint density at radius 1 is 1.26 bits per heavy atom. The van der Waals surface area contributed by atoms with Crippen LogP contribution in [0.1, 0.15) is 28.5 Å². The van der Waals surface area contributed by atoms with Crippen molar-refractivity contribution in [3.05, 3.63) is 76.2 Å². The molecule has 1 amide bonds. The first-order valence-corrected chi connectivity index (χ1v) is 8.47. The third-order valence-electron chi connectivity index (χ3n) is 3.67. The maximum Gasteiger partial charge on any atom is 0.222 e. The van der Waals surface area contributed by atoms with E-state index in [1.807, 2.05) is 23.7 Å². The van der Waals surface area contributed by atoms with E-state index in [-0.39, 0.29) is 11.9 Å². The van der Waals surface area contributed by atoms with Crippen LogP contribution in [0.4, 0.5) is 0 Å². The van der Waals surface area contributed by atoms with Crippen LogP contribution in [0.15, 0.2) is 60.2 Å². The van der Waals surface area contributed by atoms with Gasteiger partial charge in [-0.3, -0.25) is 9.48 Å². The zero-order valence-electron chi connectivity index (χ0n) is 13.0. The Balaban J connectivity index is 1.71. The van der Waals surface area contributed by atoms with Crippen LogP contribution < -0.4 is 5.32 Å². The Bertz CT molecular complexity index is 733. The van der Waals surface area contributed by atoms with Gasteiger partial charge in [-0.25, -0.2) is 0 Å². The minimum Gasteiger partial charge on any atom is -0.344 e. The van der Waals surface area contributed by atoms with Crippen LogP contribution in [0.25, 0.3) is 0 Å². The summed E-state index contributed by atoms with van der Waals surface area (Å²) >= 11 is 1.66. The van der Waals surface area contributed by atoms with E-state index in [1.54, 1.807) is 22.2 Å². The molecule has 4 nitrogen and oxygen atoms in total. The van der Waals surface area contributed by atoms with Crippen LogP contribution in [-0.4, -0.2) is 15.7 Å². The van der Waals surface area contributed by atoms with E-state index in [4.69, 9.17) is 0 Å². The molecule has 0 saturated carbocycles. The Kier molecular flexibility index (Phi) is 4.88. The summed E-state index contributed by atoms with van der Waals surface area (Å²) in [6, 6.07) is 14.1. The van der Waals surface area contributed by atoms with E-state index in [9.17, 15) is 4.79 Å². The lowest BCUT2D eigenvalue weighted by molar-refractivity contribution is -0.121. The third-order valence-corrected chi connectivity index (χ3v) is 4.61. The highest BCUT2D eigenvalue weighted by Gasteiger charge is 2.17. The summed E-state index contributed by atoms with van der Waals surface area (Å²) in [4.78, 5) is 13.5. The summed E-state index contributed by atoms with van der Waals surface area (Å²) in [5.74, 6) is 0.0273. The summed E-state index contributed by atoms with van der Waals surface area (Å²) in [5, 5.41) is 9.31. The molecule has 3 aromatic rings. The summed E-state index contributed by atoms with van der Waals surface area (Å²) < 4.78 is 1.77. The minimum atomic E-state index is -0.0966. The molecule has 0 saturated heterocycles. The highest BCUT2D eigenvalue weighted by molar-refractivity contribution is 7.10. The number of hydrogen-bond donors (Lipinski definition) is 1. The zero-order chi connectivity index (χ0) is 16.1. The SMILES string of the molecule is Cc1ccc(C(NC(=O)CCn2cccn2)c2cccs2)cc1. The second-order valence-corrected chi connectivity index (χ2v) is 6.43. The number of benzene rings is 1. The van der Waals surface area contributed by atoms with Crippen molar-refractivity contribution < 1.29 is 4.79 Å². The lowest BCUT2D eigenvalue weighted by Crippen LogP contribution is -2.29. The van der Waals surface area contributed by atoms with Crippen molar-refractivity contribution >= 4 is 17.2 Å². The van der Waals surface area contributed by atoms with Crippen LogP contribution in [0, 0.1) is 6.92 Å². The van der Waals surface area contributed by atoms with Gasteiger partial charge in [0.1, 0.15) is 0 Å². The highest BCUT2D eigenvalue weighted by Crippen LogP contribution is 2.26. The molecule has 23 heavy (non-hydrogen) atoms. The maximum atomic E-state index is 12.3. The van der Waals surface area contributed by atoms with Gasteiger partial charge in [0.2, 0.25) is 5.91 Å². The van der Waals surface area contributed by atoms with E-state index in [2.05, 4.69) is 47.7 Å². The average molecular weight is 325 g/mol. The molecular weight excluding hydrogens is 306 g/mol. The van der Waals surface area contributed by atoms with Gasteiger partial charge in [-0.15, -0.1) is 11.3 Å². The fourth-order valence-corrected chi connectivity index (χ4v) is 3.22. The van der Waals surface area contributed by atoms with Crippen molar-refractivity contribution in [3.8, 4) is 0 Å². The van der Waals surface area contributed by atoms with Gasteiger partial charge < -0.3 is 5.32 Å². The predicted molar refractivity (Wildman–Crippen MR) is 92.3 cm³/mol. The Morgan fingerprint density at radius 3 is 2.74 bits per heavy atom. The monoisotopic (exact) mass is 325 g/mol. The molecular formula is C18H19N3OS. The van der Waals surface area contributed by atoms with Crippen molar-refractivity contribution in [1.82, 2.24) is 15.1 Å². The first-order chi connectivity index (χ1) is 11.2. The van der Waals surface area contributed by atoms with Crippen molar-refractivity contribution in [2.45, 2.75) is 25.9 Å². The molecule has 3 rings (SSSR count). The Hall–Kier alpha value is -2.40. The van der Waals surface area contributed by atoms with Gasteiger partial charge in [-0.05, 0) is 30.0 Å². The molecule has 0 radical (unpaired) electrons. The number of carbonyl (C=O) groups excluding carboxylic acids is 1. The predicted octanol–water partition coefficient (Wildman–Crippen LogP) is 3.55. The van der Waals surface area contributed by atoms with Crippen LogP contribution in [0.3, 0.4) is 0 Å². The van der Waals surface area contributed by atoms with E-state index in [1.165, 1.54) is 5.56 Å². The van der Waals surface area contributed by atoms with Gasteiger partial charge in [0.05, 0.1) is 6.04 Å². The van der Waals surface area contributed by atoms with Crippen molar-refractivity contribution in [1.29, 1.82) is 0 Å². The van der Waals surface area contributed by atoms with Crippen LogP contribution in [0.5, 0.6) is 0 Å². The number of carbonyl (C=O) groups is 1. The molecule has 5 heteroatoms. The van der Waals surface area contributed by atoms with Gasteiger partial charge in [-0.1, -0.05) is 35.9 Å². The van der Waals surface area contributed by atoms with Gasteiger partial charge in [0.15, 0.2) is 0 Å². The number of nitrogens with zero attached hydrogens (tertiary/aromatic N) is 2. The highest BCUT2D eigenvalue weighted by atomic mass is 32.1. The molecule has 2 heterocycles. The summed E-state index contributed by atoms with van der Waals surface area (Å²) in [6.45, 7) is 2.65. The number of amides is 1. The fourth-order valence-electron chi connectivity index (χ4n) is 2.42. The molecule has 0 fully saturated rings. The van der Waals surface area contributed by atoms with Crippen LogP contribution >= 0.6 is 11.3 Å². The van der Waals surface area contributed by atoms with E-state index in [0.717, 1.165) is 10.4 Å². The molecule has 1 atom stereocenters. The third kappa shape index (κ3) is 4.07. The molecule has 2 aromatic heterocycles. The number of rotatable bonds is 6. The number of nitrogens with one attached hydrogen (secondary N) is 1. The van der Waals surface area contributed by atoms with Crippen molar-refractivity contribution in [2.24, 2.45) is 0 Å². The maximum absolute atomic E-state index is 12.3. The van der Waals surface area contributed by atoms with Crippen molar-refractivity contribution in [3.63, 3.8) is 0 Å². The van der Waals surface area contributed by atoms with Gasteiger partial charge >= 0.3 is 0 Å². The molecule has 0 aliphatic rings. The molecule has 1 aromatic carbocycles. The van der Waals surface area contributed by atoms with E-state index < -0.39 is 0 Å². The largest absolute Gasteiger partial charge is 0.344 e. The number of hydrogen-bond acceptors (Lipinski definition) is 3. The van der Waals surface area contributed by atoms with Crippen LogP contribution in [0.2, 0.25) is 0 Å². The topological polar surface area (TPSA) is 46.9 Å². The number of aryl methyl sites for hydroxylation is 2. The van der Waals surface area contributed by atoms with Crippen molar-refractivity contribution in [2.75, 3.05) is 0 Å². The second-order valence-electron chi connectivity index (χ2n) is 5.45. The minimum absolute atomic E-state index is 0.0273. The first-order valence-electron chi connectivity index (χ1n) is 7.59. The second kappa shape index (κ2) is 7.24. The summed E-state index contributed by atoms with van der Waals surface area (Å²) in [6.07, 6.45) is 4.00. The normalized spacial score (nSPS) is 12.0. The van der Waals surface area contributed by atoms with Gasteiger partial charge in [0.25, 0.3) is 0 Å². The lowest BCUT2D eigenvalue weighted by atomic mass is 10.0. The molecule has 1 unspecified atom stereocenters. The first kappa shape index (κ1) is 15.5. The summed E-state index contributed by atoms with van der Waals surface area (Å²) in [5.41, 5.74) is 2.31. The molecule has 0 spiro atoms.